The van der Waals surface area contributed by atoms with Crippen LogP contribution in [0, 0.1) is 0 Å². The molecule has 0 bridgehead atoms. The summed E-state index contributed by atoms with van der Waals surface area (Å²) in [6.07, 6.45) is 1.73. The minimum absolute atomic E-state index is 0.0491. The summed E-state index contributed by atoms with van der Waals surface area (Å²) in [7, 11) is 1.87. The molecule has 0 radical (unpaired) electrons. The van der Waals surface area contributed by atoms with Gasteiger partial charge in [0.25, 0.3) is 0 Å². The van der Waals surface area contributed by atoms with Crippen LogP contribution in [0.3, 0.4) is 0 Å². The number of aromatic nitrogens is 2. The fraction of sp³-hybridized carbons (Fsp3) is 0.600. The predicted molar refractivity (Wildman–Crippen MR) is 64.2 cm³/mol. The Morgan fingerprint density at radius 1 is 1.81 bits per heavy atom. The van der Waals surface area contributed by atoms with Crippen molar-refractivity contribution in [3.8, 4) is 0 Å². The third-order valence-electron chi connectivity index (χ3n) is 2.60. The van der Waals surface area contributed by atoms with Crippen LogP contribution in [0.4, 0.5) is 0 Å². The quantitative estimate of drug-likeness (QED) is 0.764. The van der Waals surface area contributed by atoms with E-state index in [-0.39, 0.29) is 11.9 Å². The number of amides is 1. The van der Waals surface area contributed by atoms with Crippen LogP contribution in [0.2, 0.25) is 0 Å². The summed E-state index contributed by atoms with van der Waals surface area (Å²) in [5.41, 5.74) is 1.01. The second-order valence-electron chi connectivity index (χ2n) is 3.75. The third kappa shape index (κ3) is 2.76. The lowest BCUT2D eigenvalue weighted by molar-refractivity contribution is -0.122. The topological polar surface area (TPSA) is 59.0 Å². The van der Waals surface area contributed by atoms with Crippen LogP contribution in [0.25, 0.3) is 0 Å². The van der Waals surface area contributed by atoms with Crippen molar-refractivity contribution in [3.05, 3.63) is 18.0 Å². The molecule has 0 aliphatic carbocycles. The van der Waals surface area contributed by atoms with Crippen molar-refractivity contribution in [2.75, 3.05) is 18.1 Å². The van der Waals surface area contributed by atoms with E-state index in [1.807, 2.05) is 24.9 Å². The molecule has 0 spiro atoms. The molecule has 1 unspecified atom stereocenters. The summed E-state index contributed by atoms with van der Waals surface area (Å²) >= 11 is 1.82. The summed E-state index contributed by atoms with van der Waals surface area (Å²) in [5.74, 6) is 2.02. The Balaban J connectivity index is 1.81. The number of hydrogen-bond donors (Lipinski definition) is 2. The molecule has 6 heteroatoms. The van der Waals surface area contributed by atoms with Crippen molar-refractivity contribution < 1.29 is 4.79 Å². The largest absolute Gasteiger partial charge is 0.349 e. The van der Waals surface area contributed by atoms with E-state index in [0.29, 0.717) is 6.54 Å². The second kappa shape index (κ2) is 5.36. The third-order valence-corrected chi connectivity index (χ3v) is 3.67. The highest BCUT2D eigenvalue weighted by Crippen LogP contribution is 2.07. The number of carbonyl (C=O) groups is 1. The van der Waals surface area contributed by atoms with Gasteiger partial charge in [-0.3, -0.25) is 9.48 Å². The first-order valence-corrected chi connectivity index (χ1v) is 6.48. The molecular formula is C10H16N4OS. The number of nitrogens with one attached hydrogen (secondary N) is 2. The molecule has 1 fully saturated rings. The maximum atomic E-state index is 11.8. The number of hydrogen-bond acceptors (Lipinski definition) is 4. The fourth-order valence-corrected chi connectivity index (χ4v) is 2.54. The van der Waals surface area contributed by atoms with E-state index in [4.69, 9.17) is 0 Å². The van der Waals surface area contributed by atoms with Gasteiger partial charge in [0.05, 0.1) is 18.3 Å². The van der Waals surface area contributed by atoms with Gasteiger partial charge in [-0.15, -0.1) is 0 Å². The number of carbonyl (C=O) groups excluding carboxylic acids is 1. The summed E-state index contributed by atoms with van der Waals surface area (Å²) in [5, 5.41) is 10.2. The van der Waals surface area contributed by atoms with Crippen LogP contribution in [-0.4, -0.2) is 39.8 Å². The van der Waals surface area contributed by atoms with Gasteiger partial charge < -0.3 is 10.6 Å². The lowest BCUT2D eigenvalue weighted by atomic mass is 10.3. The van der Waals surface area contributed by atoms with Crippen molar-refractivity contribution in [2.24, 2.45) is 7.05 Å². The highest BCUT2D eigenvalue weighted by atomic mass is 32.2. The first-order valence-electron chi connectivity index (χ1n) is 5.33. The molecular weight excluding hydrogens is 224 g/mol. The molecule has 1 amide bonds. The molecule has 2 heterocycles. The highest BCUT2D eigenvalue weighted by molar-refractivity contribution is 7.99. The van der Waals surface area contributed by atoms with Crippen molar-refractivity contribution in [3.63, 3.8) is 0 Å². The Bertz CT molecular complexity index is 359. The molecule has 2 rings (SSSR count). The molecule has 1 atom stereocenters. The summed E-state index contributed by atoms with van der Waals surface area (Å²) in [4.78, 5) is 11.8. The Morgan fingerprint density at radius 3 is 3.31 bits per heavy atom. The summed E-state index contributed by atoms with van der Waals surface area (Å²) in [6, 6.07) is 1.86. The van der Waals surface area contributed by atoms with Gasteiger partial charge in [-0.05, 0) is 6.07 Å². The van der Waals surface area contributed by atoms with Gasteiger partial charge in [0, 0.05) is 31.3 Å². The van der Waals surface area contributed by atoms with Gasteiger partial charge in [0.1, 0.15) is 0 Å². The molecule has 1 aliphatic heterocycles. The van der Waals surface area contributed by atoms with E-state index >= 15 is 0 Å². The zero-order valence-electron chi connectivity index (χ0n) is 9.27. The average Bonchev–Trinajstić information content (AvgIpc) is 2.73. The predicted octanol–water partition coefficient (Wildman–Crippen LogP) is -0.259. The van der Waals surface area contributed by atoms with Crippen LogP contribution in [-0.2, 0) is 18.4 Å². The first kappa shape index (κ1) is 11.5. The van der Waals surface area contributed by atoms with Crippen molar-refractivity contribution in [1.29, 1.82) is 0 Å². The molecule has 0 saturated carbocycles. The van der Waals surface area contributed by atoms with E-state index in [1.54, 1.807) is 10.9 Å². The maximum Gasteiger partial charge on any atom is 0.238 e. The lowest BCUT2D eigenvalue weighted by Crippen LogP contribution is -2.48. The average molecular weight is 240 g/mol. The SMILES string of the molecule is Cn1nccc1CNC(=O)C1CSCCN1. The molecule has 1 saturated heterocycles. The van der Waals surface area contributed by atoms with Gasteiger partial charge in [-0.1, -0.05) is 0 Å². The number of nitrogens with zero attached hydrogens (tertiary/aromatic N) is 2. The molecule has 1 aromatic rings. The Morgan fingerprint density at radius 2 is 2.69 bits per heavy atom. The number of thioether (sulfide) groups is 1. The summed E-state index contributed by atoms with van der Waals surface area (Å²) in [6.45, 7) is 1.45. The van der Waals surface area contributed by atoms with E-state index in [2.05, 4.69) is 15.7 Å². The Kier molecular flexibility index (Phi) is 3.84. The van der Waals surface area contributed by atoms with Crippen LogP contribution in [0.1, 0.15) is 5.69 Å². The standard InChI is InChI=1S/C10H16N4OS/c1-14-8(2-3-13-14)6-12-10(15)9-7-16-5-4-11-9/h2-3,9,11H,4-7H2,1H3,(H,12,15). The highest BCUT2D eigenvalue weighted by Gasteiger charge is 2.20. The molecule has 2 N–H and O–H groups in total. The normalized spacial score (nSPS) is 20.7. The minimum Gasteiger partial charge on any atom is -0.349 e. The lowest BCUT2D eigenvalue weighted by Gasteiger charge is -2.22. The van der Waals surface area contributed by atoms with E-state index in [0.717, 1.165) is 23.7 Å². The van der Waals surface area contributed by atoms with Gasteiger partial charge in [0.2, 0.25) is 5.91 Å². The molecule has 1 aliphatic rings. The van der Waals surface area contributed by atoms with Crippen molar-refractivity contribution >= 4 is 17.7 Å². The molecule has 0 aromatic carbocycles. The van der Waals surface area contributed by atoms with Gasteiger partial charge in [0.15, 0.2) is 0 Å². The van der Waals surface area contributed by atoms with Crippen LogP contribution >= 0.6 is 11.8 Å². The van der Waals surface area contributed by atoms with Crippen LogP contribution in [0.5, 0.6) is 0 Å². The van der Waals surface area contributed by atoms with E-state index in [9.17, 15) is 4.79 Å². The fourth-order valence-electron chi connectivity index (χ4n) is 1.61. The smallest absolute Gasteiger partial charge is 0.238 e. The second-order valence-corrected chi connectivity index (χ2v) is 4.90. The van der Waals surface area contributed by atoms with Gasteiger partial charge >= 0.3 is 0 Å². The minimum atomic E-state index is -0.0491. The molecule has 5 nitrogen and oxygen atoms in total. The van der Waals surface area contributed by atoms with Crippen LogP contribution < -0.4 is 10.6 Å². The number of rotatable bonds is 3. The molecule has 1 aromatic heterocycles. The Hall–Kier alpha value is -1.01. The van der Waals surface area contributed by atoms with Crippen LogP contribution in [0.15, 0.2) is 12.3 Å². The molecule has 16 heavy (non-hydrogen) atoms. The van der Waals surface area contributed by atoms with E-state index in [1.165, 1.54) is 0 Å². The van der Waals surface area contributed by atoms with Gasteiger partial charge in [-0.25, -0.2) is 0 Å². The van der Waals surface area contributed by atoms with Crippen molar-refractivity contribution in [1.82, 2.24) is 20.4 Å². The maximum absolute atomic E-state index is 11.8. The summed E-state index contributed by atoms with van der Waals surface area (Å²) < 4.78 is 1.77. The first-order chi connectivity index (χ1) is 7.77. The number of aryl methyl sites for hydroxylation is 1. The zero-order chi connectivity index (χ0) is 11.4. The zero-order valence-corrected chi connectivity index (χ0v) is 10.1. The monoisotopic (exact) mass is 240 g/mol. The van der Waals surface area contributed by atoms with Crippen molar-refractivity contribution in [2.45, 2.75) is 12.6 Å². The molecule has 88 valence electrons. The van der Waals surface area contributed by atoms with Gasteiger partial charge in [-0.2, -0.15) is 16.9 Å². The van der Waals surface area contributed by atoms with E-state index < -0.39 is 0 Å². The Labute approximate surface area is 99.0 Å².